The molecule has 4 nitrogen and oxygen atoms in total. The molecule has 0 atom stereocenters. The molecule has 0 aliphatic carbocycles. The summed E-state index contributed by atoms with van der Waals surface area (Å²) in [4.78, 5) is 0. The number of nitrogens with zero attached hydrogens (tertiary/aromatic N) is 2. The Morgan fingerprint density at radius 1 is 1.35 bits per heavy atom. The maximum Gasteiger partial charge on any atom is 0.132 e. The lowest BCUT2D eigenvalue weighted by Crippen LogP contribution is -2.00. The summed E-state index contributed by atoms with van der Waals surface area (Å²) in [6.07, 6.45) is 0.959. The molecule has 1 aromatic heterocycles. The number of benzene rings is 1. The molecule has 0 spiro atoms. The molecule has 0 saturated carbocycles. The average molecular weight is 231 g/mol. The van der Waals surface area contributed by atoms with Crippen molar-refractivity contribution in [3.63, 3.8) is 0 Å². The van der Waals surface area contributed by atoms with Crippen LogP contribution in [0.3, 0.4) is 0 Å². The summed E-state index contributed by atoms with van der Waals surface area (Å²) in [6, 6.07) is 9.87. The molecule has 1 heterocycles. The largest absolute Gasteiger partial charge is 0.487 e. The lowest BCUT2D eigenvalue weighted by Gasteiger charge is -2.08. The van der Waals surface area contributed by atoms with Gasteiger partial charge in [-0.15, -0.1) is 0 Å². The Bertz CT molecular complexity index is 486. The van der Waals surface area contributed by atoms with Crippen LogP contribution in [0.15, 0.2) is 30.3 Å². The monoisotopic (exact) mass is 231 g/mol. The number of ether oxygens (including phenoxy) is 1. The van der Waals surface area contributed by atoms with E-state index in [1.54, 1.807) is 4.68 Å². The van der Waals surface area contributed by atoms with E-state index in [-0.39, 0.29) is 0 Å². The molecule has 0 aliphatic heterocycles. The first kappa shape index (κ1) is 11.5. The normalized spacial score (nSPS) is 10.5. The SMILES string of the molecule is CCc1ccccc1OCc1cc(N)n(C)n1. The Hall–Kier alpha value is -1.97. The van der Waals surface area contributed by atoms with E-state index in [0.29, 0.717) is 12.4 Å². The van der Waals surface area contributed by atoms with E-state index < -0.39 is 0 Å². The van der Waals surface area contributed by atoms with Gasteiger partial charge >= 0.3 is 0 Å². The molecule has 0 unspecified atom stereocenters. The smallest absolute Gasteiger partial charge is 0.132 e. The third-order valence-corrected chi connectivity index (χ3v) is 2.70. The second-order valence-corrected chi connectivity index (χ2v) is 3.93. The highest BCUT2D eigenvalue weighted by molar-refractivity contribution is 5.34. The molecule has 0 bridgehead atoms. The van der Waals surface area contributed by atoms with Crippen molar-refractivity contribution in [2.45, 2.75) is 20.0 Å². The zero-order valence-corrected chi connectivity index (χ0v) is 10.2. The number of hydrogen-bond donors (Lipinski definition) is 1. The number of aromatic nitrogens is 2. The summed E-state index contributed by atoms with van der Waals surface area (Å²) in [5.41, 5.74) is 7.76. The van der Waals surface area contributed by atoms with Crippen LogP contribution in [0.5, 0.6) is 5.75 Å². The highest BCUT2D eigenvalue weighted by Gasteiger charge is 2.04. The van der Waals surface area contributed by atoms with Crippen LogP contribution in [-0.4, -0.2) is 9.78 Å². The second-order valence-electron chi connectivity index (χ2n) is 3.93. The summed E-state index contributed by atoms with van der Waals surface area (Å²) in [6.45, 7) is 2.56. The molecule has 4 heteroatoms. The average Bonchev–Trinajstić information content (AvgIpc) is 2.66. The molecule has 0 aliphatic rings. The van der Waals surface area contributed by atoms with Gasteiger partial charge in [-0.25, -0.2) is 0 Å². The molecule has 2 rings (SSSR count). The van der Waals surface area contributed by atoms with Gasteiger partial charge in [0.25, 0.3) is 0 Å². The Labute approximate surface area is 101 Å². The van der Waals surface area contributed by atoms with Crippen LogP contribution in [0.2, 0.25) is 0 Å². The quantitative estimate of drug-likeness (QED) is 0.877. The minimum atomic E-state index is 0.446. The first-order chi connectivity index (χ1) is 8.20. The molecule has 1 aromatic carbocycles. The van der Waals surface area contributed by atoms with Gasteiger partial charge in [-0.05, 0) is 18.1 Å². The van der Waals surface area contributed by atoms with Crippen LogP contribution >= 0.6 is 0 Å². The molecular weight excluding hydrogens is 214 g/mol. The molecular formula is C13H17N3O. The predicted octanol–water partition coefficient (Wildman–Crippen LogP) is 2.14. The van der Waals surface area contributed by atoms with E-state index in [1.807, 2.05) is 31.3 Å². The van der Waals surface area contributed by atoms with E-state index in [4.69, 9.17) is 10.5 Å². The summed E-state index contributed by atoms with van der Waals surface area (Å²) in [5.74, 6) is 1.56. The van der Waals surface area contributed by atoms with Gasteiger partial charge in [-0.3, -0.25) is 4.68 Å². The molecule has 90 valence electrons. The number of aryl methyl sites for hydroxylation is 2. The molecule has 0 amide bonds. The minimum Gasteiger partial charge on any atom is -0.487 e. The van der Waals surface area contributed by atoms with Gasteiger partial charge in [0.2, 0.25) is 0 Å². The maximum absolute atomic E-state index is 5.75. The molecule has 2 N–H and O–H groups in total. The van der Waals surface area contributed by atoms with Crippen molar-refractivity contribution in [2.24, 2.45) is 7.05 Å². The van der Waals surface area contributed by atoms with Crippen molar-refractivity contribution >= 4 is 5.82 Å². The van der Waals surface area contributed by atoms with E-state index in [9.17, 15) is 0 Å². The van der Waals surface area contributed by atoms with Gasteiger partial charge < -0.3 is 10.5 Å². The first-order valence-corrected chi connectivity index (χ1v) is 5.69. The van der Waals surface area contributed by atoms with Crippen LogP contribution in [0, 0.1) is 0 Å². The zero-order valence-electron chi connectivity index (χ0n) is 10.2. The third kappa shape index (κ3) is 2.58. The molecule has 2 aromatic rings. The minimum absolute atomic E-state index is 0.446. The highest BCUT2D eigenvalue weighted by atomic mass is 16.5. The summed E-state index contributed by atoms with van der Waals surface area (Å²) >= 11 is 0. The van der Waals surface area contributed by atoms with Gasteiger partial charge in [-0.2, -0.15) is 5.10 Å². The van der Waals surface area contributed by atoms with Crippen molar-refractivity contribution in [1.29, 1.82) is 0 Å². The van der Waals surface area contributed by atoms with E-state index in [2.05, 4.69) is 18.1 Å². The molecule has 17 heavy (non-hydrogen) atoms. The topological polar surface area (TPSA) is 53.1 Å². The van der Waals surface area contributed by atoms with Gasteiger partial charge in [0, 0.05) is 13.1 Å². The first-order valence-electron chi connectivity index (χ1n) is 5.69. The Kier molecular flexibility index (Phi) is 3.32. The Morgan fingerprint density at radius 2 is 2.12 bits per heavy atom. The number of nitrogens with two attached hydrogens (primary N) is 1. The summed E-state index contributed by atoms with van der Waals surface area (Å²) < 4.78 is 7.39. The Morgan fingerprint density at radius 3 is 2.76 bits per heavy atom. The van der Waals surface area contributed by atoms with Crippen molar-refractivity contribution in [3.05, 3.63) is 41.6 Å². The Balaban J connectivity index is 2.07. The number of anilines is 1. The fourth-order valence-corrected chi connectivity index (χ4v) is 1.70. The van der Waals surface area contributed by atoms with Crippen molar-refractivity contribution in [1.82, 2.24) is 9.78 Å². The van der Waals surface area contributed by atoms with Crippen molar-refractivity contribution in [3.8, 4) is 5.75 Å². The van der Waals surface area contributed by atoms with E-state index >= 15 is 0 Å². The highest BCUT2D eigenvalue weighted by Crippen LogP contribution is 2.19. The lowest BCUT2D eigenvalue weighted by molar-refractivity contribution is 0.297. The van der Waals surface area contributed by atoms with Crippen molar-refractivity contribution < 1.29 is 4.74 Å². The van der Waals surface area contributed by atoms with Crippen LogP contribution in [0.4, 0.5) is 5.82 Å². The number of hydrogen-bond acceptors (Lipinski definition) is 3. The summed E-state index contributed by atoms with van der Waals surface area (Å²) in [5, 5.41) is 4.25. The number of para-hydroxylation sites is 1. The number of rotatable bonds is 4. The standard InChI is InChI=1S/C13H17N3O/c1-3-10-6-4-5-7-12(10)17-9-11-8-13(14)16(2)15-11/h4-8H,3,9,14H2,1-2H3. The zero-order chi connectivity index (χ0) is 12.3. The molecule has 0 fully saturated rings. The fraction of sp³-hybridized carbons (Fsp3) is 0.308. The van der Waals surface area contributed by atoms with Gasteiger partial charge in [0.1, 0.15) is 23.9 Å². The number of nitrogen functional groups attached to an aromatic ring is 1. The van der Waals surface area contributed by atoms with Gasteiger partial charge in [0.15, 0.2) is 0 Å². The van der Waals surface area contributed by atoms with Crippen LogP contribution in [0.25, 0.3) is 0 Å². The van der Waals surface area contributed by atoms with Gasteiger partial charge in [-0.1, -0.05) is 25.1 Å². The van der Waals surface area contributed by atoms with Crippen LogP contribution in [0.1, 0.15) is 18.2 Å². The van der Waals surface area contributed by atoms with Crippen LogP contribution in [-0.2, 0) is 20.1 Å². The van der Waals surface area contributed by atoms with Crippen LogP contribution < -0.4 is 10.5 Å². The second kappa shape index (κ2) is 4.91. The molecule has 0 saturated heterocycles. The third-order valence-electron chi connectivity index (χ3n) is 2.70. The van der Waals surface area contributed by atoms with Crippen molar-refractivity contribution in [2.75, 3.05) is 5.73 Å². The van der Waals surface area contributed by atoms with E-state index in [1.165, 1.54) is 5.56 Å². The lowest BCUT2D eigenvalue weighted by atomic mass is 10.1. The predicted molar refractivity (Wildman–Crippen MR) is 67.8 cm³/mol. The summed E-state index contributed by atoms with van der Waals surface area (Å²) in [7, 11) is 1.82. The molecule has 0 radical (unpaired) electrons. The van der Waals surface area contributed by atoms with E-state index in [0.717, 1.165) is 17.9 Å². The van der Waals surface area contributed by atoms with Gasteiger partial charge in [0.05, 0.1) is 0 Å². The maximum atomic E-state index is 5.75. The fourth-order valence-electron chi connectivity index (χ4n) is 1.70.